The van der Waals surface area contributed by atoms with Gasteiger partial charge in [-0.25, -0.2) is 8.42 Å². The minimum atomic E-state index is -3.75. The second kappa shape index (κ2) is 7.28. The van der Waals surface area contributed by atoms with Gasteiger partial charge >= 0.3 is 5.69 Å². The van der Waals surface area contributed by atoms with E-state index >= 15 is 0 Å². The van der Waals surface area contributed by atoms with Crippen LogP contribution in [0, 0.1) is 5.39 Å². The molecule has 0 aromatic heterocycles. The molecular formula is C11H17ClN4O3S. The van der Waals surface area contributed by atoms with Crippen LogP contribution in [-0.2, 0) is 10.0 Å². The summed E-state index contributed by atoms with van der Waals surface area (Å²) in [4.78, 5) is 2.84. The van der Waals surface area contributed by atoms with Gasteiger partial charge in [-0.2, -0.15) is 4.31 Å². The first-order chi connectivity index (χ1) is 8.93. The van der Waals surface area contributed by atoms with E-state index in [-0.39, 0.29) is 34.4 Å². The number of hydrogen-bond acceptors (Lipinski definition) is 5. The molecule has 1 aromatic carbocycles. The van der Waals surface area contributed by atoms with Gasteiger partial charge in [0.15, 0.2) is 15.6 Å². The van der Waals surface area contributed by atoms with Crippen molar-refractivity contribution in [2.75, 3.05) is 25.9 Å². The first kappa shape index (κ1) is 18.4. The Hall–Kier alpha value is -1.56. The van der Waals surface area contributed by atoms with E-state index in [1.165, 1.54) is 23.5 Å². The summed E-state index contributed by atoms with van der Waals surface area (Å²) in [6.45, 7) is 4.08. The van der Waals surface area contributed by atoms with Crippen LogP contribution in [0.1, 0.15) is 13.8 Å². The molecular weight excluding hydrogens is 304 g/mol. The molecule has 0 saturated heterocycles. The molecule has 0 radical (unpaired) electrons. The van der Waals surface area contributed by atoms with Crippen LogP contribution >= 0.6 is 0 Å². The van der Waals surface area contributed by atoms with Crippen molar-refractivity contribution in [1.29, 1.82) is 5.39 Å². The summed E-state index contributed by atoms with van der Waals surface area (Å²) in [5.41, 5.74) is 5.51. The molecule has 0 bridgehead atoms. The lowest BCUT2D eigenvalue weighted by Gasteiger charge is -2.17. The van der Waals surface area contributed by atoms with Crippen molar-refractivity contribution in [2.24, 2.45) is 0 Å². The summed E-state index contributed by atoms with van der Waals surface area (Å²) in [6.07, 6.45) is 0. The fraction of sp³-hybridized carbons (Fsp3) is 0.455. The molecule has 7 nitrogen and oxygen atoms in total. The Balaban J connectivity index is 0.00000361. The molecule has 0 fully saturated rings. The number of halogens is 1. The van der Waals surface area contributed by atoms with Gasteiger partial charge in [0.05, 0.1) is 7.11 Å². The zero-order chi connectivity index (χ0) is 14.6. The SMILES string of the molecule is CCN(CC)S(=O)(=O)c1ccc(OC)c(N)c1[N+]#N.[Cl-]. The Bertz CT molecular complexity index is 609. The Morgan fingerprint density at radius 1 is 1.35 bits per heavy atom. The summed E-state index contributed by atoms with van der Waals surface area (Å²) >= 11 is 0. The highest BCUT2D eigenvalue weighted by Crippen LogP contribution is 2.38. The zero-order valence-corrected chi connectivity index (χ0v) is 13.1. The number of nitrogens with zero attached hydrogens (tertiary/aromatic N) is 3. The normalized spacial score (nSPS) is 10.8. The number of ether oxygens (including phenoxy) is 1. The van der Waals surface area contributed by atoms with E-state index in [0.717, 1.165) is 0 Å². The molecule has 0 aliphatic rings. The van der Waals surface area contributed by atoms with Gasteiger partial charge in [-0.3, -0.25) is 0 Å². The highest BCUT2D eigenvalue weighted by Gasteiger charge is 2.34. The van der Waals surface area contributed by atoms with E-state index in [1.54, 1.807) is 13.8 Å². The number of anilines is 1. The molecule has 0 saturated carbocycles. The summed E-state index contributed by atoms with van der Waals surface area (Å²) in [5, 5.41) is 9.02. The lowest BCUT2D eigenvalue weighted by atomic mass is 10.2. The van der Waals surface area contributed by atoms with Crippen LogP contribution in [0.15, 0.2) is 17.0 Å². The molecule has 0 spiro atoms. The van der Waals surface area contributed by atoms with Gasteiger partial charge in [-0.05, 0) is 12.1 Å². The molecule has 0 unspecified atom stereocenters. The molecule has 0 aliphatic heterocycles. The van der Waals surface area contributed by atoms with Gasteiger partial charge in [-0.1, -0.05) is 13.8 Å². The maximum atomic E-state index is 12.4. The highest BCUT2D eigenvalue weighted by molar-refractivity contribution is 7.89. The second-order valence-corrected chi connectivity index (χ2v) is 5.62. The largest absolute Gasteiger partial charge is 1.00 e. The first-order valence-corrected chi connectivity index (χ1v) is 7.19. The number of sulfonamides is 1. The van der Waals surface area contributed by atoms with Crippen molar-refractivity contribution in [2.45, 2.75) is 18.7 Å². The van der Waals surface area contributed by atoms with E-state index in [0.29, 0.717) is 13.1 Å². The summed E-state index contributed by atoms with van der Waals surface area (Å²) in [5.74, 6) is 0.256. The third-order valence-electron chi connectivity index (χ3n) is 2.78. The summed E-state index contributed by atoms with van der Waals surface area (Å²) in [6, 6.07) is 2.75. The van der Waals surface area contributed by atoms with Crippen LogP contribution in [0.25, 0.3) is 4.98 Å². The van der Waals surface area contributed by atoms with Crippen LogP contribution < -0.4 is 22.9 Å². The number of diazo groups is 1. The van der Waals surface area contributed by atoms with E-state index < -0.39 is 10.0 Å². The van der Waals surface area contributed by atoms with Gasteiger partial charge in [-0.15, -0.1) is 0 Å². The summed E-state index contributed by atoms with van der Waals surface area (Å²) < 4.78 is 31.0. The average Bonchev–Trinajstić information content (AvgIpc) is 2.39. The van der Waals surface area contributed by atoms with Crippen molar-refractivity contribution >= 4 is 21.4 Å². The van der Waals surface area contributed by atoms with E-state index in [2.05, 4.69) is 4.98 Å². The van der Waals surface area contributed by atoms with Crippen LogP contribution in [0.4, 0.5) is 11.4 Å². The number of nitrogens with two attached hydrogens (primary N) is 1. The van der Waals surface area contributed by atoms with Crippen LogP contribution in [0.5, 0.6) is 5.75 Å². The molecule has 0 heterocycles. The third kappa shape index (κ3) is 3.12. The summed E-state index contributed by atoms with van der Waals surface area (Å²) in [7, 11) is -2.35. The predicted octanol–water partition coefficient (Wildman–Crippen LogP) is -1.20. The molecule has 112 valence electrons. The first-order valence-electron chi connectivity index (χ1n) is 5.75. The maximum absolute atomic E-state index is 12.4. The molecule has 20 heavy (non-hydrogen) atoms. The molecule has 0 atom stereocenters. The minimum absolute atomic E-state index is 0. The quantitative estimate of drug-likeness (QED) is 0.542. The van der Waals surface area contributed by atoms with E-state index in [1.807, 2.05) is 0 Å². The minimum Gasteiger partial charge on any atom is -1.00 e. The lowest BCUT2D eigenvalue weighted by Crippen LogP contribution is -3.00. The van der Waals surface area contributed by atoms with Gasteiger partial charge in [0.1, 0.15) is 5.75 Å². The van der Waals surface area contributed by atoms with Crippen molar-refractivity contribution in [1.82, 2.24) is 4.31 Å². The monoisotopic (exact) mass is 320 g/mol. The van der Waals surface area contributed by atoms with Gasteiger partial charge < -0.3 is 22.9 Å². The standard InChI is InChI=1S/C11H17N4O3S.ClH/c1-4-15(5-2)19(16,17)9-7-6-8(18-3)10(12)11(9)14-13;/h6-7H,4-5,12H2,1-3H3;1H/q+1;/p-1. The number of benzene rings is 1. The molecule has 1 rings (SSSR count). The maximum Gasteiger partial charge on any atom is 0.431 e. The number of rotatable bonds is 5. The van der Waals surface area contributed by atoms with Crippen molar-refractivity contribution in [3.05, 3.63) is 17.1 Å². The van der Waals surface area contributed by atoms with Crippen molar-refractivity contribution in [3.63, 3.8) is 0 Å². The highest BCUT2D eigenvalue weighted by atomic mass is 35.5. The van der Waals surface area contributed by atoms with Gasteiger partial charge in [0.25, 0.3) is 10.0 Å². The number of hydrogen-bond donors (Lipinski definition) is 1. The third-order valence-corrected chi connectivity index (χ3v) is 4.86. The predicted molar refractivity (Wildman–Crippen MR) is 72.3 cm³/mol. The Labute approximate surface area is 124 Å². The Morgan fingerprint density at radius 3 is 2.30 bits per heavy atom. The fourth-order valence-corrected chi connectivity index (χ4v) is 3.35. The molecule has 9 heteroatoms. The molecule has 0 amide bonds. The fourth-order valence-electron chi connectivity index (χ4n) is 1.76. The Kier molecular flexibility index (Phi) is 6.72. The van der Waals surface area contributed by atoms with Crippen LogP contribution in [-0.4, -0.2) is 32.9 Å². The lowest BCUT2D eigenvalue weighted by molar-refractivity contribution is -0.00000726. The average molecular weight is 321 g/mol. The van der Waals surface area contributed by atoms with Crippen LogP contribution in [0.3, 0.4) is 0 Å². The van der Waals surface area contributed by atoms with E-state index in [9.17, 15) is 8.42 Å². The van der Waals surface area contributed by atoms with Crippen molar-refractivity contribution < 1.29 is 25.6 Å². The number of methoxy groups -OCH3 is 1. The molecule has 2 N–H and O–H groups in total. The van der Waals surface area contributed by atoms with Gasteiger partial charge in [0, 0.05) is 13.1 Å². The topological polar surface area (TPSA) is 101 Å². The van der Waals surface area contributed by atoms with E-state index in [4.69, 9.17) is 15.9 Å². The van der Waals surface area contributed by atoms with Crippen LogP contribution in [0.2, 0.25) is 0 Å². The zero-order valence-electron chi connectivity index (χ0n) is 11.5. The second-order valence-electron chi connectivity index (χ2n) is 3.72. The number of nitrogen functional groups attached to an aromatic ring is 1. The van der Waals surface area contributed by atoms with Gasteiger partial charge in [0.2, 0.25) is 5.39 Å². The smallest absolute Gasteiger partial charge is 0.431 e. The molecule has 1 aromatic rings. The van der Waals surface area contributed by atoms with Crippen molar-refractivity contribution in [3.8, 4) is 5.75 Å². The Morgan fingerprint density at radius 2 is 1.90 bits per heavy atom. The molecule has 0 aliphatic carbocycles.